The van der Waals surface area contributed by atoms with Crippen molar-refractivity contribution in [2.75, 3.05) is 20.3 Å². The van der Waals surface area contributed by atoms with Gasteiger partial charge < -0.3 is 10.1 Å². The van der Waals surface area contributed by atoms with Gasteiger partial charge in [0.25, 0.3) is 0 Å². The Balaban J connectivity index is 2.85. The van der Waals surface area contributed by atoms with E-state index >= 15 is 0 Å². The Morgan fingerprint density at radius 2 is 1.70 bits per heavy atom. The molecule has 0 aliphatic rings. The van der Waals surface area contributed by atoms with E-state index in [-0.39, 0.29) is 5.56 Å². The van der Waals surface area contributed by atoms with Gasteiger partial charge in [0.1, 0.15) is 6.61 Å². The molecule has 114 valence electrons. The lowest BCUT2D eigenvalue weighted by Gasteiger charge is -2.21. The highest BCUT2D eigenvalue weighted by Gasteiger charge is 2.35. The van der Waals surface area contributed by atoms with Crippen LogP contribution in [0.25, 0.3) is 0 Å². The third kappa shape index (κ3) is 5.01. The van der Waals surface area contributed by atoms with Crippen molar-refractivity contribution in [1.29, 1.82) is 0 Å². The Morgan fingerprint density at radius 1 is 1.10 bits per heavy atom. The van der Waals surface area contributed by atoms with Gasteiger partial charge in [-0.2, -0.15) is 26.3 Å². The summed E-state index contributed by atoms with van der Waals surface area (Å²) in [5.41, 5.74) is -1.04. The first-order chi connectivity index (χ1) is 9.15. The second-order valence-corrected chi connectivity index (χ2v) is 4.06. The van der Waals surface area contributed by atoms with Gasteiger partial charge in [0.2, 0.25) is 0 Å². The van der Waals surface area contributed by atoms with E-state index in [4.69, 9.17) is 0 Å². The molecule has 2 nitrogen and oxygen atoms in total. The molecule has 1 atom stereocenters. The third-order valence-electron chi connectivity index (χ3n) is 2.54. The molecule has 1 N–H and O–H groups in total. The fourth-order valence-corrected chi connectivity index (χ4v) is 1.68. The highest BCUT2D eigenvalue weighted by molar-refractivity contribution is 5.32. The zero-order valence-electron chi connectivity index (χ0n) is 10.5. The number of rotatable bonds is 5. The number of likely N-dealkylation sites (N-methyl/N-ethyl adjacent to an activating group) is 1. The van der Waals surface area contributed by atoms with Crippen molar-refractivity contribution in [2.45, 2.75) is 18.4 Å². The Hall–Kier alpha value is -1.28. The van der Waals surface area contributed by atoms with Crippen LogP contribution in [-0.4, -0.2) is 26.4 Å². The first-order valence-corrected chi connectivity index (χ1v) is 5.63. The Bertz CT molecular complexity index is 429. The smallest absolute Gasteiger partial charge is 0.370 e. The SMILES string of the molecule is CNC(COCC(F)(F)F)c1ccccc1C(F)(F)F. The van der Waals surface area contributed by atoms with Crippen molar-refractivity contribution in [3.05, 3.63) is 35.4 Å². The van der Waals surface area contributed by atoms with Crippen LogP contribution in [0.5, 0.6) is 0 Å². The highest BCUT2D eigenvalue weighted by atomic mass is 19.4. The van der Waals surface area contributed by atoms with Crippen molar-refractivity contribution in [1.82, 2.24) is 5.32 Å². The molecule has 1 rings (SSSR count). The molecular weight excluding hydrogens is 288 g/mol. The Morgan fingerprint density at radius 3 is 2.20 bits per heavy atom. The lowest BCUT2D eigenvalue weighted by Crippen LogP contribution is -2.27. The van der Waals surface area contributed by atoms with E-state index in [0.717, 1.165) is 6.07 Å². The molecule has 1 unspecified atom stereocenters. The zero-order chi connectivity index (χ0) is 15.4. The summed E-state index contributed by atoms with van der Waals surface area (Å²) in [5, 5.41) is 2.52. The first kappa shape index (κ1) is 16.8. The number of benzene rings is 1. The maximum Gasteiger partial charge on any atom is 0.416 e. The third-order valence-corrected chi connectivity index (χ3v) is 2.54. The van der Waals surface area contributed by atoms with Gasteiger partial charge in [0.05, 0.1) is 18.2 Å². The zero-order valence-corrected chi connectivity index (χ0v) is 10.5. The Labute approximate surface area is 111 Å². The minimum Gasteiger partial charge on any atom is -0.370 e. The van der Waals surface area contributed by atoms with Crippen LogP contribution in [0.3, 0.4) is 0 Å². The molecular formula is C12H13F6NO. The average Bonchev–Trinajstić information content (AvgIpc) is 2.32. The van der Waals surface area contributed by atoms with Crippen LogP contribution in [0.4, 0.5) is 26.3 Å². The summed E-state index contributed by atoms with van der Waals surface area (Å²) < 4.78 is 78.7. The van der Waals surface area contributed by atoms with Crippen molar-refractivity contribution >= 4 is 0 Å². The monoisotopic (exact) mass is 301 g/mol. The normalized spacial score (nSPS) is 14.3. The Kier molecular flexibility index (Phi) is 5.41. The molecule has 0 aromatic heterocycles. The van der Waals surface area contributed by atoms with Gasteiger partial charge in [0.15, 0.2) is 0 Å². The molecule has 20 heavy (non-hydrogen) atoms. The van der Waals surface area contributed by atoms with E-state index in [1.54, 1.807) is 0 Å². The van der Waals surface area contributed by atoms with Gasteiger partial charge in [-0.1, -0.05) is 18.2 Å². The van der Waals surface area contributed by atoms with Crippen LogP contribution in [0.2, 0.25) is 0 Å². The van der Waals surface area contributed by atoms with Crippen LogP contribution >= 0.6 is 0 Å². The molecule has 0 aliphatic heterocycles. The average molecular weight is 301 g/mol. The van der Waals surface area contributed by atoms with Crippen molar-refractivity contribution in [3.8, 4) is 0 Å². The van der Waals surface area contributed by atoms with Crippen LogP contribution in [-0.2, 0) is 10.9 Å². The second kappa shape index (κ2) is 6.45. The number of hydrogen-bond acceptors (Lipinski definition) is 2. The van der Waals surface area contributed by atoms with Crippen molar-refractivity contribution in [3.63, 3.8) is 0 Å². The predicted molar refractivity (Wildman–Crippen MR) is 60.1 cm³/mol. The number of nitrogens with one attached hydrogen (secondary N) is 1. The summed E-state index contributed by atoms with van der Waals surface area (Å²) >= 11 is 0. The lowest BCUT2D eigenvalue weighted by molar-refractivity contribution is -0.175. The summed E-state index contributed by atoms with van der Waals surface area (Å²) in [6.07, 6.45) is -9.09. The molecule has 1 aromatic rings. The van der Waals surface area contributed by atoms with Gasteiger partial charge in [-0.15, -0.1) is 0 Å². The predicted octanol–water partition coefficient (Wildman–Crippen LogP) is 3.54. The molecule has 0 saturated heterocycles. The minimum absolute atomic E-state index is 0.148. The highest BCUT2D eigenvalue weighted by Crippen LogP contribution is 2.34. The van der Waals surface area contributed by atoms with Crippen LogP contribution in [0, 0.1) is 0 Å². The molecule has 0 spiro atoms. The maximum atomic E-state index is 12.8. The van der Waals surface area contributed by atoms with E-state index in [9.17, 15) is 26.3 Å². The van der Waals surface area contributed by atoms with E-state index in [2.05, 4.69) is 10.1 Å². The molecule has 0 heterocycles. The summed E-state index contributed by atoms with van der Waals surface area (Å²) in [5.74, 6) is 0. The molecule has 1 aromatic carbocycles. The van der Waals surface area contributed by atoms with E-state index in [1.165, 1.54) is 25.2 Å². The van der Waals surface area contributed by atoms with Gasteiger partial charge in [-0.3, -0.25) is 0 Å². The van der Waals surface area contributed by atoms with Gasteiger partial charge in [0, 0.05) is 0 Å². The molecule has 8 heteroatoms. The number of ether oxygens (including phenoxy) is 1. The number of halogens is 6. The second-order valence-electron chi connectivity index (χ2n) is 4.06. The lowest BCUT2D eigenvalue weighted by atomic mass is 10.0. The molecule has 0 amide bonds. The van der Waals surface area contributed by atoms with E-state index in [0.29, 0.717) is 0 Å². The van der Waals surface area contributed by atoms with Gasteiger partial charge in [-0.05, 0) is 18.7 Å². The van der Waals surface area contributed by atoms with Crippen molar-refractivity contribution < 1.29 is 31.1 Å². The summed E-state index contributed by atoms with van der Waals surface area (Å²) in [6, 6.07) is 3.72. The standard InChI is InChI=1S/C12H13F6NO/c1-19-10(6-20-7-11(13,14)15)8-4-2-3-5-9(8)12(16,17)18/h2-5,10,19H,6-7H2,1H3. The topological polar surface area (TPSA) is 21.3 Å². The fourth-order valence-electron chi connectivity index (χ4n) is 1.68. The van der Waals surface area contributed by atoms with Crippen LogP contribution in [0.15, 0.2) is 24.3 Å². The number of alkyl halides is 6. The summed E-state index contributed by atoms with van der Waals surface area (Å²) in [6.45, 7) is -2.01. The molecule has 0 bridgehead atoms. The first-order valence-electron chi connectivity index (χ1n) is 5.63. The van der Waals surface area contributed by atoms with Gasteiger partial charge >= 0.3 is 12.4 Å². The maximum absolute atomic E-state index is 12.8. The molecule has 0 aliphatic carbocycles. The summed E-state index contributed by atoms with van der Waals surface area (Å²) in [4.78, 5) is 0. The number of hydrogen-bond donors (Lipinski definition) is 1. The molecule has 0 radical (unpaired) electrons. The van der Waals surface area contributed by atoms with E-state index in [1.807, 2.05) is 0 Å². The molecule has 0 saturated carbocycles. The van der Waals surface area contributed by atoms with Gasteiger partial charge in [-0.25, -0.2) is 0 Å². The van der Waals surface area contributed by atoms with E-state index < -0.39 is 37.2 Å². The van der Waals surface area contributed by atoms with Crippen LogP contribution in [0.1, 0.15) is 17.2 Å². The van der Waals surface area contributed by atoms with Crippen LogP contribution < -0.4 is 5.32 Å². The molecule has 0 fully saturated rings. The quantitative estimate of drug-likeness (QED) is 0.840. The minimum atomic E-state index is -4.57. The summed E-state index contributed by atoms with van der Waals surface area (Å²) in [7, 11) is 1.36. The largest absolute Gasteiger partial charge is 0.416 e. The fraction of sp³-hybridized carbons (Fsp3) is 0.500. The van der Waals surface area contributed by atoms with Crippen molar-refractivity contribution in [2.24, 2.45) is 0 Å².